The molecular weight excluding hydrogens is 1040 g/mol. The predicted molar refractivity (Wildman–Crippen MR) is 306 cm³/mol. The molecule has 6 aromatic rings. The number of ether oxygens (including phenoxy) is 6. The van der Waals surface area contributed by atoms with Crippen LogP contribution in [0.15, 0.2) is 146 Å². The summed E-state index contributed by atoms with van der Waals surface area (Å²) < 4.78 is 30.0. The van der Waals surface area contributed by atoms with E-state index in [0.717, 1.165) is 0 Å². The van der Waals surface area contributed by atoms with Gasteiger partial charge < -0.3 is 59.1 Å². The van der Waals surface area contributed by atoms with Gasteiger partial charge in [-0.1, -0.05) is 72.9 Å². The van der Waals surface area contributed by atoms with Gasteiger partial charge in [-0.15, -0.1) is 0 Å². The van der Waals surface area contributed by atoms with Gasteiger partial charge in [-0.05, 0) is 143 Å². The van der Waals surface area contributed by atoms with Gasteiger partial charge in [-0.3, -0.25) is 28.8 Å². The van der Waals surface area contributed by atoms with Crippen LogP contribution in [0.3, 0.4) is 0 Å². The first kappa shape index (κ1) is 62.9. The molecule has 0 unspecified atom stereocenters. The fraction of sp³-hybridized carbons (Fsp3) is 0.143. The van der Waals surface area contributed by atoms with E-state index < -0.39 is 0 Å². The highest BCUT2D eigenvalue weighted by Gasteiger charge is 2.10. The van der Waals surface area contributed by atoms with Crippen molar-refractivity contribution < 1.29 is 87.8 Å². The number of hydrogen-bond acceptors (Lipinski definition) is 18. The Balaban J connectivity index is 0.000000261. The normalized spacial score (nSPS) is 11.0. The zero-order valence-electron chi connectivity index (χ0n) is 45.0. The summed E-state index contributed by atoms with van der Waals surface area (Å²) in [6, 6.07) is 28.0. The first-order chi connectivity index (χ1) is 38.8. The Labute approximate surface area is 467 Å². The van der Waals surface area contributed by atoms with Crippen LogP contribution in [0.25, 0.3) is 36.5 Å². The standard InChI is InChI=1S/3C21H20O6/c3*1-26-20-11-14(5-9-18(20)24)3-7-16(22)13-17(23)8-4-15-6-10-19(25)21(12-15)27-2/h3*3-12,24-25H,13H2,1-2H3/b3*7-3+,8-4+. The lowest BCUT2D eigenvalue weighted by molar-refractivity contribution is -0.123. The summed E-state index contributed by atoms with van der Waals surface area (Å²) in [4.78, 5) is 71.6. The first-order valence-electron chi connectivity index (χ1n) is 24.3. The Morgan fingerprint density at radius 3 is 0.531 bits per heavy atom. The quantitative estimate of drug-likeness (QED) is 0.0243. The average Bonchev–Trinajstić information content (AvgIpc) is 3.46. The summed E-state index contributed by atoms with van der Waals surface area (Å²) >= 11 is 0. The minimum absolute atomic E-state index is 0.00662. The largest absolute Gasteiger partial charge is 0.504 e. The molecule has 6 N–H and O–H groups in total. The van der Waals surface area contributed by atoms with E-state index in [2.05, 4.69) is 0 Å². The van der Waals surface area contributed by atoms with Crippen molar-refractivity contribution in [2.24, 2.45) is 0 Å². The number of methoxy groups -OCH3 is 6. The summed E-state index contributed by atoms with van der Waals surface area (Å²) in [6.45, 7) is 0. The molecule has 0 amide bonds. The van der Waals surface area contributed by atoms with Gasteiger partial charge in [0.2, 0.25) is 0 Å². The number of phenolic OH excluding ortho intramolecular Hbond substituents is 6. The van der Waals surface area contributed by atoms with Crippen molar-refractivity contribution >= 4 is 71.2 Å². The average molecular weight is 1110 g/mol. The van der Waals surface area contributed by atoms with Gasteiger partial charge in [0.1, 0.15) is 0 Å². The van der Waals surface area contributed by atoms with Gasteiger partial charge in [0.05, 0.1) is 61.9 Å². The Morgan fingerprint density at radius 1 is 0.272 bits per heavy atom. The van der Waals surface area contributed by atoms with E-state index in [-0.39, 0.29) is 88.5 Å². The van der Waals surface area contributed by atoms with Crippen LogP contribution in [-0.4, -0.2) is 108 Å². The van der Waals surface area contributed by atoms with Crippen molar-refractivity contribution in [3.8, 4) is 69.0 Å². The number of phenols is 6. The molecule has 18 heteroatoms. The fourth-order valence-corrected chi connectivity index (χ4v) is 6.79. The second-order valence-electron chi connectivity index (χ2n) is 16.9. The molecule has 0 aliphatic rings. The fourth-order valence-electron chi connectivity index (χ4n) is 6.79. The molecule has 0 atom stereocenters. The maximum Gasteiger partial charge on any atom is 0.163 e. The van der Waals surface area contributed by atoms with Gasteiger partial charge in [0.25, 0.3) is 0 Å². The topological polar surface area (TPSA) is 279 Å². The van der Waals surface area contributed by atoms with Crippen LogP contribution in [0, 0.1) is 0 Å². The van der Waals surface area contributed by atoms with E-state index in [4.69, 9.17) is 28.4 Å². The smallest absolute Gasteiger partial charge is 0.163 e. The van der Waals surface area contributed by atoms with Gasteiger partial charge >= 0.3 is 0 Å². The Kier molecular flexibility index (Phi) is 25.0. The molecule has 0 radical (unpaired) electrons. The van der Waals surface area contributed by atoms with Gasteiger partial charge in [0, 0.05) is 0 Å². The summed E-state index contributed by atoms with van der Waals surface area (Å²) in [7, 11) is 8.60. The molecule has 0 bridgehead atoms. The van der Waals surface area contributed by atoms with Crippen LogP contribution in [0.2, 0.25) is 0 Å². The maximum atomic E-state index is 11.9. The highest BCUT2D eigenvalue weighted by atomic mass is 16.5. The molecule has 420 valence electrons. The Hall–Kier alpha value is -10.6. The third-order valence-electron chi connectivity index (χ3n) is 11.0. The Bertz CT molecular complexity index is 2820. The molecule has 0 saturated carbocycles. The number of carbonyl (C=O) groups excluding carboxylic acids is 6. The van der Waals surface area contributed by atoms with Crippen molar-refractivity contribution in [3.05, 3.63) is 179 Å². The third kappa shape index (κ3) is 21.4. The summed E-state index contributed by atoms with van der Waals surface area (Å²) in [6.07, 6.45) is 16.3. The number of aromatic hydroxyl groups is 6. The third-order valence-corrected chi connectivity index (χ3v) is 11.0. The zero-order chi connectivity index (χ0) is 59.4. The molecule has 0 spiro atoms. The summed E-state index contributed by atoms with van der Waals surface area (Å²) in [5.74, 6) is -0.250. The lowest BCUT2D eigenvalue weighted by atomic mass is 10.1. The second kappa shape index (κ2) is 32.2. The van der Waals surface area contributed by atoms with E-state index in [0.29, 0.717) is 67.9 Å². The van der Waals surface area contributed by atoms with E-state index in [9.17, 15) is 59.4 Å². The van der Waals surface area contributed by atoms with Gasteiger partial charge in [-0.25, -0.2) is 0 Å². The van der Waals surface area contributed by atoms with E-state index in [1.54, 1.807) is 109 Å². The van der Waals surface area contributed by atoms with E-state index in [1.807, 2.05) is 0 Å². The molecule has 0 aliphatic carbocycles. The van der Waals surface area contributed by atoms with Crippen LogP contribution in [0.4, 0.5) is 0 Å². The van der Waals surface area contributed by atoms with Crippen LogP contribution in [-0.2, 0) is 28.8 Å². The highest BCUT2D eigenvalue weighted by Crippen LogP contribution is 2.31. The van der Waals surface area contributed by atoms with Gasteiger partial charge in [-0.2, -0.15) is 0 Å². The highest BCUT2D eigenvalue weighted by molar-refractivity contribution is 6.12. The number of ketones is 6. The van der Waals surface area contributed by atoms with Crippen molar-refractivity contribution in [2.45, 2.75) is 19.3 Å². The minimum atomic E-state index is -0.347. The molecule has 18 nitrogen and oxygen atoms in total. The lowest BCUT2D eigenvalue weighted by Crippen LogP contribution is -2.01. The SMILES string of the molecule is COc1cc(/C=C/C(=O)CC(=O)/C=C/c2ccc(O)c(OC)c2)ccc1O.COc1cc(/C=C/C(=O)CC(=O)/C=C/c2ccc(O)c(OC)c2)ccc1O.COc1cc(/C=C/C(=O)CC(=O)/C=C/c2ccc(O)c(OC)c2)ccc1O. The van der Waals surface area contributed by atoms with Gasteiger partial charge in [0.15, 0.2) is 104 Å². The van der Waals surface area contributed by atoms with Crippen molar-refractivity contribution in [1.29, 1.82) is 0 Å². The maximum absolute atomic E-state index is 11.9. The summed E-state index contributed by atoms with van der Waals surface area (Å²) in [5.41, 5.74) is 3.98. The molecule has 0 fully saturated rings. The molecule has 6 rings (SSSR count). The molecule has 0 saturated heterocycles. The molecule has 0 aromatic heterocycles. The van der Waals surface area contributed by atoms with Crippen molar-refractivity contribution in [1.82, 2.24) is 0 Å². The molecular formula is C63H60O18. The number of rotatable bonds is 24. The Morgan fingerprint density at radius 2 is 0.407 bits per heavy atom. The number of hydrogen-bond donors (Lipinski definition) is 6. The lowest BCUT2D eigenvalue weighted by Gasteiger charge is -2.03. The zero-order valence-corrected chi connectivity index (χ0v) is 45.0. The van der Waals surface area contributed by atoms with Crippen molar-refractivity contribution in [2.75, 3.05) is 42.7 Å². The van der Waals surface area contributed by atoms with Crippen LogP contribution >= 0.6 is 0 Å². The molecule has 81 heavy (non-hydrogen) atoms. The molecule has 0 aliphatic heterocycles. The van der Waals surface area contributed by atoms with Crippen molar-refractivity contribution in [3.63, 3.8) is 0 Å². The summed E-state index contributed by atoms with van der Waals surface area (Å²) in [5, 5.41) is 57.3. The van der Waals surface area contributed by atoms with Crippen LogP contribution in [0.5, 0.6) is 69.0 Å². The number of allylic oxidation sites excluding steroid dienone is 6. The predicted octanol–water partition coefficient (Wildman–Crippen LogP) is 10.1. The van der Waals surface area contributed by atoms with E-state index >= 15 is 0 Å². The monoisotopic (exact) mass is 1100 g/mol. The minimum Gasteiger partial charge on any atom is -0.504 e. The van der Waals surface area contributed by atoms with E-state index in [1.165, 1.54) is 116 Å². The molecule has 6 aromatic carbocycles. The molecule has 0 heterocycles. The number of benzene rings is 6. The van der Waals surface area contributed by atoms with Crippen LogP contribution in [0.1, 0.15) is 52.6 Å². The van der Waals surface area contributed by atoms with Crippen LogP contribution < -0.4 is 28.4 Å². The second-order valence-corrected chi connectivity index (χ2v) is 16.9. The number of carbonyl (C=O) groups is 6. The first-order valence-corrected chi connectivity index (χ1v) is 24.3.